The molecule has 2 aromatic rings. The fraction of sp³-hybridized carbons (Fsp3) is 0.440. The number of likely N-dealkylation sites (N-methyl/N-ethyl adjacent to an activating group) is 1. The third-order valence-corrected chi connectivity index (χ3v) is 6.63. The van der Waals surface area contributed by atoms with E-state index in [9.17, 15) is 0 Å². The third kappa shape index (κ3) is 5.95. The second-order valence-electron chi connectivity index (χ2n) is 9.07. The van der Waals surface area contributed by atoms with Gasteiger partial charge in [0, 0.05) is 56.3 Å². The number of benzene rings is 2. The highest BCUT2D eigenvalue weighted by molar-refractivity contribution is 7.80. The van der Waals surface area contributed by atoms with E-state index in [1.807, 2.05) is 36.4 Å². The molecule has 1 unspecified atom stereocenters. The Balaban J connectivity index is 1.52. The first-order chi connectivity index (χ1) is 16.4. The molecule has 2 saturated heterocycles. The van der Waals surface area contributed by atoms with E-state index in [2.05, 4.69) is 39.3 Å². The maximum Gasteiger partial charge on any atom is 0.184 e. The molecule has 0 aliphatic carbocycles. The maximum atomic E-state index is 15.3. The van der Waals surface area contributed by atoms with Crippen LogP contribution in [0.5, 0.6) is 5.75 Å². The Morgan fingerprint density at radius 2 is 1.82 bits per heavy atom. The molecule has 1 atom stereocenters. The highest BCUT2D eigenvalue weighted by Crippen LogP contribution is 2.33. The summed E-state index contributed by atoms with van der Waals surface area (Å²) in [6, 6.07) is 13.9. The monoisotopic (exact) mass is 484 g/mol. The van der Waals surface area contributed by atoms with Crippen LogP contribution >= 0.6 is 12.2 Å². The summed E-state index contributed by atoms with van der Waals surface area (Å²) in [6.45, 7) is 3.27. The number of nitrogens with zero attached hydrogens (tertiary/aromatic N) is 4. The van der Waals surface area contributed by atoms with Crippen molar-refractivity contribution in [3.05, 3.63) is 53.8 Å². The van der Waals surface area contributed by atoms with Gasteiger partial charge in [-0.2, -0.15) is 5.10 Å². The van der Waals surface area contributed by atoms with Crippen LogP contribution < -0.4 is 25.7 Å². The summed E-state index contributed by atoms with van der Waals surface area (Å²) in [5.74, 6) is 0.624. The van der Waals surface area contributed by atoms with Gasteiger partial charge in [-0.15, -0.1) is 0 Å². The van der Waals surface area contributed by atoms with Gasteiger partial charge >= 0.3 is 0 Å². The van der Waals surface area contributed by atoms with Gasteiger partial charge < -0.3 is 25.2 Å². The van der Waals surface area contributed by atoms with E-state index < -0.39 is 0 Å². The van der Waals surface area contributed by atoms with Crippen molar-refractivity contribution in [2.75, 3.05) is 50.1 Å². The lowest BCUT2D eigenvalue weighted by Crippen LogP contribution is -2.39. The number of nitrogens with one attached hydrogen (secondary N) is 1. The number of rotatable bonds is 7. The zero-order valence-corrected chi connectivity index (χ0v) is 20.6. The van der Waals surface area contributed by atoms with Gasteiger partial charge in [0.15, 0.2) is 5.11 Å². The lowest BCUT2D eigenvalue weighted by Gasteiger charge is -2.35. The van der Waals surface area contributed by atoms with Crippen LogP contribution in [0.25, 0.3) is 0 Å². The van der Waals surface area contributed by atoms with E-state index in [1.54, 1.807) is 12.3 Å². The van der Waals surface area contributed by atoms with Crippen LogP contribution in [0.2, 0.25) is 0 Å². The number of ether oxygens (including phenoxy) is 1. The summed E-state index contributed by atoms with van der Waals surface area (Å²) < 4.78 is 21.4. The van der Waals surface area contributed by atoms with Crippen LogP contribution in [-0.2, 0) is 0 Å². The first-order valence-corrected chi connectivity index (χ1v) is 12.1. The topological polar surface area (TPSA) is 69.4 Å². The summed E-state index contributed by atoms with van der Waals surface area (Å²) in [6.07, 6.45) is 4.47. The van der Waals surface area contributed by atoms with Gasteiger partial charge in [0.05, 0.1) is 11.9 Å². The van der Waals surface area contributed by atoms with Gasteiger partial charge in [0.2, 0.25) is 0 Å². The molecule has 0 saturated carbocycles. The van der Waals surface area contributed by atoms with Gasteiger partial charge in [0.1, 0.15) is 17.7 Å². The van der Waals surface area contributed by atoms with E-state index in [1.165, 1.54) is 0 Å². The van der Waals surface area contributed by atoms with E-state index in [0.717, 1.165) is 56.9 Å². The van der Waals surface area contributed by atoms with Crippen molar-refractivity contribution in [2.45, 2.75) is 31.4 Å². The van der Waals surface area contributed by atoms with Crippen molar-refractivity contribution in [2.24, 2.45) is 10.8 Å². The zero-order chi connectivity index (χ0) is 24.1. The average molecular weight is 485 g/mol. The number of hydrazone groups is 1. The molecule has 0 amide bonds. The molecular weight excluding hydrogens is 451 g/mol. The van der Waals surface area contributed by atoms with E-state index in [-0.39, 0.29) is 17.0 Å². The van der Waals surface area contributed by atoms with Gasteiger partial charge in [-0.05, 0) is 57.0 Å². The van der Waals surface area contributed by atoms with E-state index in [4.69, 9.17) is 22.7 Å². The van der Waals surface area contributed by atoms with Gasteiger partial charge in [0.25, 0.3) is 0 Å². The Morgan fingerprint density at radius 1 is 1.12 bits per heavy atom. The van der Waals surface area contributed by atoms with Crippen molar-refractivity contribution in [3.63, 3.8) is 0 Å². The Bertz CT molecular complexity index is 1010. The normalized spacial score (nSPS) is 19.2. The minimum Gasteiger partial charge on any atom is -0.490 e. The highest BCUT2D eigenvalue weighted by Gasteiger charge is 2.28. The third-order valence-electron chi connectivity index (χ3n) is 6.54. The van der Waals surface area contributed by atoms with Crippen molar-refractivity contribution >= 4 is 34.9 Å². The molecule has 34 heavy (non-hydrogen) atoms. The highest BCUT2D eigenvalue weighted by atomic mass is 32.1. The second-order valence-corrected chi connectivity index (χ2v) is 9.51. The Kier molecular flexibility index (Phi) is 7.84. The Hall–Kier alpha value is -2.91. The molecule has 4 rings (SSSR count). The van der Waals surface area contributed by atoms with Crippen LogP contribution in [0.4, 0.5) is 15.8 Å². The number of piperidine rings is 1. The maximum absolute atomic E-state index is 15.3. The molecule has 9 heteroatoms. The first kappa shape index (κ1) is 24.2. The van der Waals surface area contributed by atoms with E-state index in [0.29, 0.717) is 17.3 Å². The zero-order valence-electron chi connectivity index (χ0n) is 19.8. The van der Waals surface area contributed by atoms with Gasteiger partial charge in [-0.1, -0.05) is 18.2 Å². The largest absolute Gasteiger partial charge is 0.490 e. The smallest absolute Gasteiger partial charge is 0.184 e. The fourth-order valence-corrected chi connectivity index (χ4v) is 4.69. The minimum absolute atomic E-state index is 0.0735. The number of hydrogen-bond donors (Lipinski definition) is 2. The van der Waals surface area contributed by atoms with Gasteiger partial charge in [-0.25, -0.2) is 4.39 Å². The molecule has 2 fully saturated rings. The molecule has 0 aromatic heterocycles. The van der Waals surface area contributed by atoms with Crippen LogP contribution in [0.15, 0.2) is 47.6 Å². The van der Waals surface area contributed by atoms with Crippen LogP contribution in [0.1, 0.15) is 24.8 Å². The van der Waals surface area contributed by atoms with Crippen molar-refractivity contribution < 1.29 is 9.13 Å². The summed E-state index contributed by atoms with van der Waals surface area (Å²) >= 11 is 4.82. The lowest BCUT2D eigenvalue weighted by atomic mass is 10.0. The lowest BCUT2D eigenvalue weighted by molar-refractivity contribution is 0.170. The minimum atomic E-state index is -0.258. The molecule has 0 spiro atoms. The predicted octanol–water partition coefficient (Wildman–Crippen LogP) is 3.18. The quantitative estimate of drug-likeness (QED) is 0.355. The molecule has 2 aromatic carbocycles. The summed E-state index contributed by atoms with van der Waals surface area (Å²) in [4.78, 5) is 6.67. The molecule has 182 valence electrons. The number of nitrogens with two attached hydrogens (primary N) is 1. The molecule has 0 radical (unpaired) electrons. The summed E-state index contributed by atoms with van der Waals surface area (Å²) in [5.41, 5.74) is 10.3. The molecule has 2 heterocycles. The molecule has 7 nitrogen and oxygen atoms in total. The van der Waals surface area contributed by atoms with Crippen molar-refractivity contribution in [3.8, 4) is 5.75 Å². The number of hydrogen-bond acceptors (Lipinski definition) is 6. The van der Waals surface area contributed by atoms with Crippen molar-refractivity contribution in [1.82, 2.24) is 10.3 Å². The first-order valence-electron chi connectivity index (χ1n) is 11.7. The van der Waals surface area contributed by atoms with E-state index >= 15 is 4.39 Å². The molecular formula is C25H33FN6OS. The standard InChI is InChI=1S/C25H33FN6OS/c1-30(2)19-8-11-32(17-19)23-15-24(22(26)14-18(23)16-28-29-25(27)34)31-12-9-21(10-13-31)33-20-6-4-3-5-7-20/h3-7,14-16,19,21H,8-13,17H2,1-2H3,(H3,27,29,34). The molecule has 3 N–H and O–H groups in total. The fourth-order valence-electron chi connectivity index (χ4n) is 4.64. The average Bonchev–Trinajstić information content (AvgIpc) is 3.31. The van der Waals surface area contributed by atoms with Crippen molar-refractivity contribution in [1.29, 1.82) is 0 Å². The number of thiocarbonyl (C=S) groups is 1. The number of anilines is 2. The molecule has 2 aliphatic heterocycles. The van der Waals surface area contributed by atoms with Gasteiger partial charge in [-0.3, -0.25) is 5.43 Å². The number of halogens is 1. The van der Waals surface area contributed by atoms with Crippen LogP contribution in [-0.4, -0.2) is 68.6 Å². The molecule has 0 bridgehead atoms. The van der Waals surface area contributed by atoms with Crippen LogP contribution in [0.3, 0.4) is 0 Å². The summed E-state index contributed by atoms with van der Waals surface area (Å²) in [5, 5.41) is 4.16. The Morgan fingerprint density at radius 3 is 2.47 bits per heavy atom. The predicted molar refractivity (Wildman–Crippen MR) is 141 cm³/mol. The Labute approximate surface area is 206 Å². The number of para-hydroxylation sites is 1. The second kappa shape index (κ2) is 11.0. The molecule has 2 aliphatic rings. The van der Waals surface area contributed by atoms with Crippen LogP contribution in [0, 0.1) is 5.82 Å². The SMILES string of the molecule is CN(C)C1CCN(c2cc(N3CCC(Oc4ccccc4)CC3)c(F)cc2C=NNC(N)=S)C1. The summed E-state index contributed by atoms with van der Waals surface area (Å²) in [7, 11) is 4.20.